The van der Waals surface area contributed by atoms with Crippen LogP contribution in [0.3, 0.4) is 0 Å². The standard InChI is InChI=1S/C14H26N2OS/c1-4-11(10(2)3)16-13(17)14(12(15)18)8-6-5-7-9-14/h10-11H,4-9H2,1-3H3,(H2,15,18)(H,16,17). The van der Waals surface area contributed by atoms with Gasteiger partial charge in [-0.15, -0.1) is 0 Å². The molecule has 18 heavy (non-hydrogen) atoms. The van der Waals surface area contributed by atoms with Crippen LogP contribution in [0.5, 0.6) is 0 Å². The molecule has 0 saturated heterocycles. The molecular weight excluding hydrogens is 244 g/mol. The number of nitrogens with two attached hydrogens (primary N) is 1. The summed E-state index contributed by atoms with van der Waals surface area (Å²) in [6, 6.07) is 0.214. The van der Waals surface area contributed by atoms with Crippen LogP contribution in [0.2, 0.25) is 0 Å². The lowest BCUT2D eigenvalue weighted by molar-refractivity contribution is -0.129. The van der Waals surface area contributed by atoms with Crippen LogP contribution in [0.4, 0.5) is 0 Å². The molecule has 1 saturated carbocycles. The third-order valence-electron chi connectivity index (χ3n) is 4.17. The molecule has 0 spiro atoms. The lowest BCUT2D eigenvalue weighted by Gasteiger charge is -2.36. The second kappa shape index (κ2) is 6.50. The first-order chi connectivity index (χ1) is 8.44. The number of thiocarbonyl (C=S) groups is 1. The first-order valence-corrected chi connectivity index (χ1v) is 7.45. The highest BCUT2D eigenvalue weighted by Gasteiger charge is 2.42. The first-order valence-electron chi connectivity index (χ1n) is 7.05. The Kier molecular flexibility index (Phi) is 5.57. The molecule has 1 aliphatic rings. The predicted octanol–water partition coefficient (Wildman–Crippen LogP) is 2.77. The molecule has 0 aromatic heterocycles. The van der Waals surface area contributed by atoms with Crippen LogP contribution in [-0.2, 0) is 4.79 Å². The zero-order chi connectivity index (χ0) is 13.8. The van der Waals surface area contributed by atoms with Crippen molar-refractivity contribution in [3.63, 3.8) is 0 Å². The minimum Gasteiger partial charge on any atom is -0.392 e. The van der Waals surface area contributed by atoms with E-state index in [9.17, 15) is 4.79 Å². The third kappa shape index (κ3) is 3.22. The van der Waals surface area contributed by atoms with Crippen molar-refractivity contribution in [2.75, 3.05) is 0 Å². The molecule has 1 fully saturated rings. The van der Waals surface area contributed by atoms with Crippen LogP contribution in [0, 0.1) is 11.3 Å². The minimum atomic E-state index is -0.587. The van der Waals surface area contributed by atoms with Gasteiger partial charge in [-0.05, 0) is 25.2 Å². The predicted molar refractivity (Wildman–Crippen MR) is 79.4 cm³/mol. The number of nitrogens with one attached hydrogen (secondary N) is 1. The summed E-state index contributed by atoms with van der Waals surface area (Å²) in [5.74, 6) is 0.487. The maximum atomic E-state index is 12.6. The lowest BCUT2D eigenvalue weighted by Crippen LogP contribution is -2.53. The van der Waals surface area contributed by atoms with E-state index in [1.54, 1.807) is 0 Å². The van der Waals surface area contributed by atoms with Gasteiger partial charge in [0.1, 0.15) is 0 Å². The van der Waals surface area contributed by atoms with Crippen LogP contribution in [0.1, 0.15) is 59.3 Å². The second-order valence-electron chi connectivity index (χ2n) is 5.74. The summed E-state index contributed by atoms with van der Waals surface area (Å²) in [5, 5.41) is 3.15. The van der Waals surface area contributed by atoms with Gasteiger partial charge in [0.2, 0.25) is 5.91 Å². The SMILES string of the molecule is CCC(NC(=O)C1(C(N)=S)CCCCC1)C(C)C. The van der Waals surface area contributed by atoms with Crippen LogP contribution in [-0.4, -0.2) is 16.9 Å². The van der Waals surface area contributed by atoms with E-state index in [-0.39, 0.29) is 11.9 Å². The van der Waals surface area contributed by atoms with E-state index in [2.05, 4.69) is 26.1 Å². The van der Waals surface area contributed by atoms with E-state index in [1.165, 1.54) is 6.42 Å². The summed E-state index contributed by atoms with van der Waals surface area (Å²) >= 11 is 5.18. The minimum absolute atomic E-state index is 0.0512. The lowest BCUT2D eigenvalue weighted by atomic mass is 9.73. The van der Waals surface area contributed by atoms with Crippen molar-refractivity contribution in [3.8, 4) is 0 Å². The Hall–Kier alpha value is -0.640. The van der Waals surface area contributed by atoms with Crippen LogP contribution >= 0.6 is 12.2 Å². The average Bonchev–Trinajstić information content (AvgIpc) is 2.35. The topological polar surface area (TPSA) is 55.1 Å². The van der Waals surface area contributed by atoms with Crippen molar-refractivity contribution in [1.82, 2.24) is 5.32 Å². The molecule has 3 nitrogen and oxygen atoms in total. The Morgan fingerprint density at radius 1 is 1.33 bits per heavy atom. The molecule has 1 amide bonds. The molecule has 1 unspecified atom stereocenters. The van der Waals surface area contributed by atoms with E-state index in [4.69, 9.17) is 18.0 Å². The Balaban J connectivity index is 2.80. The van der Waals surface area contributed by atoms with Gasteiger partial charge in [-0.1, -0.05) is 52.3 Å². The van der Waals surface area contributed by atoms with Gasteiger partial charge in [0.05, 0.1) is 10.4 Å². The normalized spacial score (nSPS) is 20.4. The Bertz CT molecular complexity index is 309. The molecular formula is C14H26N2OS. The number of amides is 1. The monoisotopic (exact) mass is 270 g/mol. The molecule has 104 valence electrons. The quantitative estimate of drug-likeness (QED) is 0.755. The number of rotatable bonds is 5. The highest BCUT2D eigenvalue weighted by Crippen LogP contribution is 2.37. The molecule has 4 heteroatoms. The maximum absolute atomic E-state index is 12.6. The van der Waals surface area contributed by atoms with Gasteiger partial charge in [0.15, 0.2) is 0 Å². The van der Waals surface area contributed by atoms with Gasteiger partial charge in [-0.25, -0.2) is 0 Å². The summed E-state index contributed by atoms with van der Waals surface area (Å²) in [6.45, 7) is 6.35. The number of hydrogen-bond acceptors (Lipinski definition) is 2. The highest BCUT2D eigenvalue weighted by molar-refractivity contribution is 7.80. The molecule has 1 rings (SSSR count). The number of carbonyl (C=O) groups excluding carboxylic acids is 1. The first kappa shape index (κ1) is 15.4. The fourth-order valence-corrected chi connectivity index (χ4v) is 3.08. The van der Waals surface area contributed by atoms with Crippen LogP contribution in [0.25, 0.3) is 0 Å². The Morgan fingerprint density at radius 2 is 1.89 bits per heavy atom. The average molecular weight is 270 g/mol. The molecule has 0 aliphatic heterocycles. The van der Waals surface area contributed by atoms with Crippen molar-refractivity contribution in [3.05, 3.63) is 0 Å². The van der Waals surface area contributed by atoms with Crippen molar-refractivity contribution < 1.29 is 4.79 Å². The van der Waals surface area contributed by atoms with E-state index < -0.39 is 5.41 Å². The molecule has 3 N–H and O–H groups in total. The fraction of sp³-hybridized carbons (Fsp3) is 0.857. The summed E-state index contributed by atoms with van der Waals surface area (Å²) in [4.78, 5) is 12.9. The van der Waals surface area contributed by atoms with Crippen LogP contribution < -0.4 is 11.1 Å². The second-order valence-corrected chi connectivity index (χ2v) is 6.18. The van der Waals surface area contributed by atoms with E-state index in [0.29, 0.717) is 10.9 Å². The summed E-state index contributed by atoms with van der Waals surface area (Å²) in [6.07, 6.45) is 5.83. The zero-order valence-corrected chi connectivity index (χ0v) is 12.6. The van der Waals surface area contributed by atoms with Gasteiger partial charge < -0.3 is 11.1 Å². The molecule has 0 heterocycles. The van der Waals surface area contributed by atoms with Gasteiger partial charge in [0.25, 0.3) is 0 Å². The van der Waals surface area contributed by atoms with Crippen molar-refractivity contribution >= 4 is 23.1 Å². The van der Waals surface area contributed by atoms with Crippen molar-refractivity contribution in [1.29, 1.82) is 0 Å². The molecule has 0 aromatic rings. The highest BCUT2D eigenvalue weighted by atomic mass is 32.1. The van der Waals surface area contributed by atoms with Gasteiger partial charge in [-0.2, -0.15) is 0 Å². The molecule has 0 radical (unpaired) electrons. The largest absolute Gasteiger partial charge is 0.392 e. The van der Waals surface area contributed by atoms with Crippen LogP contribution in [0.15, 0.2) is 0 Å². The Labute approximate surface area is 116 Å². The van der Waals surface area contributed by atoms with Gasteiger partial charge in [0, 0.05) is 6.04 Å². The number of carbonyl (C=O) groups is 1. The molecule has 0 bridgehead atoms. The molecule has 1 atom stereocenters. The summed E-state index contributed by atoms with van der Waals surface area (Å²) in [7, 11) is 0. The smallest absolute Gasteiger partial charge is 0.233 e. The molecule has 0 aromatic carbocycles. The van der Waals surface area contributed by atoms with Gasteiger partial charge >= 0.3 is 0 Å². The van der Waals surface area contributed by atoms with E-state index in [0.717, 1.165) is 32.1 Å². The summed E-state index contributed by atoms with van der Waals surface area (Å²) < 4.78 is 0. The van der Waals surface area contributed by atoms with E-state index in [1.807, 2.05) is 0 Å². The van der Waals surface area contributed by atoms with E-state index >= 15 is 0 Å². The Morgan fingerprint density at radius 3 is 2.28 bits per heavy atom. The molecule has 1 aliphatic carbocycles. The zero-order valence-electron chi connectivity index (χ0n) is 11.8. The maximum Gasteiger partial charge on any atom is 0.233 e. The third-order valence-corrected chi connectivity index (χ3v) is 4.57. The summed E-state index contributed by atoms with van der Waals surface area (Å²) in [5.41, 5.74) is 5.28. The van der Waals surface area contributed by atoms with Crippen molar-refractivity contribution in [2.45, 2.75) is 65.3 Å². The van der Waals surface area contributed by atoms with Crippen molar-refractivity contribution in [2.24, 2.45) is 17.1 Å². The fourth-order valence-electron chi connectivity index (χ4n) is 2.79. The van der Waals surface area contributed by atoms with Gasteiger partial charge in [-0.3, -0.25) is 4.79 Å². The number of hydrogen-bond donors (Lipinski definition) is 2.